The first-order valence-corrected chi connectivity index (χ1v) is 6.91. The molecule has 1 aromatic heterocycles. The lowest BCUT2D eigenvalue weighted by Crippen LogP contribution is -2.17. The summed E-state index contributed by atoms with van der Waals surface area (Å²) in [5.74, 6) is 0.731. The minimum absolute atomic E-state index is 0.267. The van der Waals surface area contributed by atoms with Crippen LogP contribution in [0.5, 0.6) is 11.5 Å². The maximum absolute atomic E-state index is 12.2. The predicted octanol–water partition coefficient (Wildman–Crippen LogP) is 3.41. The monoisotopic (exact) mass is 324 g/mol. The Labute approximate surface area is 130 Å². The highest BCUT2D eigenvalue weighted by atomic mass is 35.5. The van der Waals surface area contributed by atoms with Gasteiger partial charge in [-0.3, -0.25) is 9.78 Å². The molecule has 5 nitrogen and oxygen atoms in total. The molecule has 1 aromatic carbocycles. The van der Waals surface area contributed by atoms with Gasteiger partial charge < -0.3 is 14.8 Å². The summed E-state index contributed by atoms with van der Waals surface area (Å²) in [5, 5.41) is 3.33. The van der Waals surface area contributed by atoms with Gasteiger partial charge in [0.25, 0.3) is 5.91 Å². The van der Waals surface area contributed by atoms with Gasteiger partial charge in [-0.05, 0) is 6.07 Å². The van der Waals surface area contributed by atoms with E-state index in [-0.39, 0.29) is 10.9 Å². The Balaban J connectivity index is 1.88. The Morgan fingerprint density at radius 3 is 2.57 bits per heavy atom. The molecule has 21 heavy (non-hydrogen) atoms. The maximum Gasteiger partial charge on any atom is 0.257 e. The van der Waals surface area contributed by atoms with Gasteiger partial charge >= 0.3 is 0 Å². The highest BCUT2D eigenvalue weighted by Gasteiger charge is 2.17. The molecule has 0 bridgehead atoms. The van der Waals surface area contributed by atoms with E-state index in [1.54, 1.807) is 12.1 Å². The largest absolute Gasteiger partial charge is 0.486 e. The fourth-order valence-electron chi connectivity index (χ4n) is 1.91. The van der Waals surface area contributed by atoms with Gasteiger partial charge in [0.05, 0.1) is 21.3 Å². The molecule has 1 aliphatic rings. The Morgan fingerprint density at radius 1 is 1.14 bits per heavy atom. The minimum atomic E-state index is -0.374. The third kappa shape index (κ3) is 2.89. The van der Waals surface area contributed by atoms with Crippen LogP contribution in [0.1, 0.15) is 10.4 Å². The number of aromatic nitrogens is 1. The van der Waals surface area contributed by atoms with E-state index in [1.165, 1.54) is 18.5 Å². The number of halogens is 2. The van der Waals surface area contributed by atoms with Gasteiger partial charge in [0, 0.05) is 24.5 Å². The Hall–Kier alpha value is -1.98. The Kier molecular flexibility index (Phi) is 3.86. The molecule has 3 rings (SSSR count). The summed E-state index contributed by atoms with van der Waals surface area (Å²) in [6, 6.07) is 4.77. The van der Waals surface area contributed by atoms with Crippen LogP contribution in [0, 0.1) is 0 Å². The first-order valence-electron chi connectivity index (χ1n) is 6.15. The number of nitrogens with zero attached hydrogens (tertiary/aromatic N) is 1. The maximum atomic E-state index is 12.2. The van der Waals surface area contributed by atoms with E-state index >= 15 is 0 Å². The molecule has 2 heterocycles. The number of anilines is 1. The fourth-order valence-corrected chi connectivity index (χ4v) is 2.31. The second kappa shape index (κ2) is 5.79. The van der Waals surface area contributed by atoms with Crippen LogP contribution in [0.2, 0.25) is 10.0 Å². The fraction of sp³-hybridized carbons (Fsp3) is 0.143. The standard InChI is InChI=1S/C14H10Cl2N2O3/c15-9-5-12-13(21-4-3-20-12)6-11(9)18-14(19)8-1-2-17-7-10(8)16/h1-2,5-7H,3-4H2,(H,18,19). The number of carbonyl (C=O) groups excluding carboxylic acids is 1. The van der Waals surface area contributed by atoms with Crippen molar-refractivity contribution in [2.24, 2.45) is 0 Å². The van der Waals surface area contributed by atoms with Gasteiger partial charge in [-0.15, -0.1) is 0 Å². The van der Waals surface area contributed by atoms with Gasteiger partial charge in [0.2, 0.25) is 0 Å². The van der Waals surface area contributed by atoms with E-state index in [9.17, 15) is 4.79 Å². The van der Waals surface area contributed by atoms with Crippen molar-refractivity contribution in [2.75, 3.05) is 18.5 Å². The van der Waals surface area contributed by atoms with Crippen LogP contribution in [0.25, 0.3) is 0 Å². The molecule has 0 saturated heterocycles. The molecular formula is C14H10Cl2N2O3. The van der Waals surface area contributed by atoms with Crippen molar-refractivity contribution in [3.05, 3.63) is 46.2 Å². The lowest BCUT2D eigenvalue weighted by atomic mass is 10.2. The van der Waals surface area contributed by atoms with Crippen LogP contribution in [0.3, 0.4) is 0 Å². The van der Waals surface area contributed by atoms with Crippen LogP contribution < -0.4 is 14.8 Å². The van der Waals surface area contributed by atoms with Crippen LogP contribution in [0.15, 0.2) is 30.6 Å². The van der Waals surface area contributed by atoms with Gasteiger partial charge in [0.15, 0.2) is 11.5 Å². The second-order valence-corrected chi connectivity index (χ2v) is 5.10. The molecule has 108 valence electrons. The van der Waals surface area contributed by atoms with Crippen molar-refractivity contribution >= 4 is 34.8 Å². The van der Waals surface area contributed by atoms with Crippen molar-refractivity contribution < 1.29 is 14.3 Å². The zero-order valence-corrected chi connectivity index (χ0v) is 12.2. The summed E-state index contributed by atoms with van der Waals surface area (Å²) in [7, 11) is 0. The molecule has 0 aliphatic carbocycles. The third-order valence-electron chi connectivity index (χ3n) is 2.90. The number of rotatable bonds is 2. The first-order chi connectivity index (χ1) is 10.1. The average molecular weight is 325 g/mol. The van der Waals surface area contributed by atoms with Crippen LogP contribution in [-0.4, -0.2) is 24.1 Å². The lowest BCUT2D eigenvalue weighted by Gasteiger charge is -2.20. The molecule has 2 aromatic rings. The number of benzene rings is 1. The Bertz CT molecular complexity index is 707. The van der Waals surface area contributed by atoms with Crippen LogP contribution in [0.4, 0.5) is 5.69 Å². The molecule has 0 radical (unpaired) electrons. The van der Waals surface area contributed by atoms with E-state index in [4.69, 9.17) is 32.7 Å². The summed E-state index contributed by atoms with van der Waals surface area (Å²) >= 11 is 12.1. The smallest absolute Gasteiger partial charge is 0.257 e. The number of fused-ring (bicyclic) bond motifs is 1. The van der Waals surface area contributed by atoms with E-state index in [2.05, 4.69) is 10.3 Å². The number of amides is 1. The molecule has 0 saturated carbocycles. The van der Waals surface area contributed by atoms with E-state index < -0.39 is 0 Å². The number of pyridine rings is 1. The second-order valence-electron chi connectivity index (χ2n) is 4.29. The number of nitrogens with one attached hydrogen (secondary N) is 1. The van der Waals surface area contributed by atoms with E-state index in [0.29, 0.717) is 41.0 Å². The highest BCUT2D eigenvalue weighted by Crippen LogP contribution is 2.38. The molecule has 1 amide bonds. The minimum Gasteiger partial charge on any atom is -0.486 e. The average Bonchev–Trinajstić information content (AvgIpc) is 2.48. The first kappa shape index (κ1) is 14.0. The quantitative estimate of drug-likeness (QED) is 0.919. The number of hydrogen-bond donors (Lipinski definition) is 1. The zero-order chi connectivity index (χ0) is 14.8. The van der Waals surface area contributed by atoms with Gasteiger partial charge in [-0.1, -0.05) is 23.2 Å². The van der Waals surface area contributed by atoms with Crippen molar-refractivity contribution in [1.82, 2.24) is 4.98 Å². The van der Waals surface area contributed by atoms with E-state index in [0.717, 1.165) is 0 Å². The van der Waals surface area contributed by atoms with Gasteiger partial charge in [0.1, 0.15) is 13.2 Å². The molecule has 0 unspecified atom stereocenters. The topological polar surface area (TPSA) is 60.5 Å². The van der Waals surface area contributed by atoms with Crippen molar-refractivity contribution in [1.29, 1.82) is 0 Å². The lowest BCUT2D eigenvalue weighted by molar-refractivity contribution is 0.102. The zero-order valence-electron chi connectivity index (χ0n) is 10.7. The summed E-state index contributed by atoms with van der Waals surface area (Å²) < 4.78 is 10.9. The summed E-state index contributed by atoms with van der Waals surface area (Å²) in [4.78, 5) is 16.0. The van der Waals surface area contributed by atoms with Crippen molar-refractivity contribution in [3.8, 4) is 11.5 Å². The summed E-state index contributed by atoms with van der Waals surface area (Å²) in [6.45, 7) is 0.930. The summed E-state index contributed by atoms with van der Waals surface area (Å²) in [6.07, 6.45) is 2.90. The van der Waals surface area contributed by atoms with Gasteiger partial charge in [-0.25, -0.2) is 0 Å². The van der Waals surface area contributed by atoms with Gasteiger partial charge in [-0.2, -0.15) is 0 Å². The number of carbonyl (C=O) groups is 1. The number of ether oxygens (including phenoxy) is 2. The SMILES string of the molecule is O=C(Nc1cc2c(cc1Cl)OCCO2)c1ccncc1Cl. The van der Waals surface area contributed by atoms with Crippen molar-refractivity contribution in [2.45, 2.75) is 0 Å². The van der Waals surface area contributed by atoms with Crippen LogP contribution >= 0.6 is 23.2 Å². The molecule has 0 spiro atoms. The molecule has 7 heteroatoms. The number of hydrogen-bond acceptors (Lipinski definition) is 4. The van der Waals surface area contributed by atoms with Crippen LogP contribution in [-0.2, 0) is 0 Å². The third-order valence-corrected chi connectivity index (χ3v) is 3.51. The molecular weight excluding hydrogens is 315 g/mol. The molecule has 1 aliphatic heterocycles. The van der Waals surface area contributed by atoms with Crippen molar-refractivity contribution in [3.63, 3.8) is 0 Å². The molecule has 0 fully saturated rings. The molecule has 1 N–H and O–H groups in total. The molecule has 0 atom stereocenters. The Morgan fingerprint density at radius 2 is 1.86 bits per heavy atom. The summed E-state index contributed by atoms with van der Waals surface area (Å²) in [5.41, 5.74) is 0.747. The predicted molar refractivity (Wildman–Crippen MR) is 79.6 cm³/mol. The highest BCUT2D eigenvalue weighted by molar-refractivity contribution is 6.36. The normalized spacial score (nSPS) is 12.9. The van der Waals surface area contributed by atoms with E-state index in [1.807, 2.05) is 0 Å².